The maximum Gasteiger partial charge on any atom is 0.253 e. The third kappa shape index (κ3) is 3.08. The van der Waals surface area contributed by atoms with E-state index in [0.717, 1.165) is 28.6 Å². The molecule has 7 heteroatoms. The minimum Gasteiger partial charge on any atom is -0.360 e. The second-order valence-corrected chi connectivity index (χ2v) is 7.16. The van der Waals surface area contributed by atoms with Crippen molar-refractivity contribution in [2.24, 2.45) is 5.84 Å². The molecule has 0 saturated carbocycles. The standard InChI is InChI=1S/C18H19N5OS/c19-23-14(24)10-20-17-15-12-8-4-5-9-13(12)25-18(15)22-16(21-17)11-6-2-1-3-7-11/h1-3,6-7H,4-5,8-10,19H2,(H,23,24)(H,20,21,22). The first-order valence-electron chi connectivity index (χ1n) is 8.37. The summed E-state index contributed by atoms with van der Waals surface area (Å²) in [5.41, 5.74) is 4.44. The molecule has 25 heavy (non-hydrogen) atoms. The molecule has 0 radical (unpaired) electrons. The Morgan fingerprint density at radius 1 is 1.16 bits per heavy atom. The molecule has 128 valence electrons. The third-order valence-corrected chi connectivity index (χ3v) is 5.61. The van der Waals surface area contributed by atoms with Crippen LogP contribution in [0.2, 0.25) is 0 Å². The van der Waals surface area contributed by atoms with Gasteiger partial charge >= 0.3 is 0 Å². The van der Waals surface area contributed by atoms with Crippen LogP contribution in [0.15, 0.2) is 30.3 Å². The van der Waals surface area contributed by atoms with Crippen LogP contribution in [-0.2, 0) is 17.6 Å². The van der Waals surface area contributed by atoms with Gasteiger partial charge in [-0.15, -0.1) is 11.3 Å². The number of nitrogens with one attached hydrogen (secondary N) is 2. The molecule has 0 aliphatic heterocycles. The summed E-state index contributed by atoms with van der Waals surface area (Å²) in [5, 5.41) is 4.21. The number of benzene rings is 1. The Morgan fingerprint density at radius 2 is 1.96 bits per heavy atom. The largest absolute Gasteiger partial charge is 0.360 e. The summed E-state index contributed by atoms with van der Waals surface area (Å²) in [6.07, 6.45) is 4.54. The van der Waals surface area contributed by atoms with Gasteiger partial charge in [-0.1, -0.05) is 30.3 Å². The molecule has 1 aromatic carbocycles. The minimum absolute atomic E-state index is 0.0848. The fourth-order valence-electron chi connectivity index (χ4n) is 3.22. The maximum atomic E-state index is 11.6. The summed E-state index contributed by atoms with van der Waals surface area (Å²) >= 11 is 1.75. The first-order valence-corrected chi connectivity index (χ1v) is 9.19. The van der Waals surface area contributed by atoms with E-state index in [0.29, 0.717) is 11.6 Å². The van der Waals surface area contributed by atoms with E-state index in [-0.39, 0.29) is 12.5 Å². The molecule has 6 nitrogen and oxygen atoms in total. The Kier molecular flexibility index (Phi) is 4.33. The van der Waals surface area contributed by atoms with Gasteiger partial charge in [0.15, 0.2) is 5.82 Å². The van der Waals surface area contributed by atoms with Crippen LogP contribution >= 0.6 is 11.3 Å². The van der Waals surface area contributed by atoms with E-state index in [9.17, 15) is 4.79 Å². The summed E-state index contributed by atoms with van der Waals surface area (Å²) in [6.45, 7) is 0.0848. The van der Waals surface area contributed by atoms with Crippen LogP contribution in [0.3, 0.4) is 0 Å². The van der Waals surface area contributed by atoms with Crippen molar-refractivity contribution in [3.63, 3.8) is 0 Å². The Bertz CT molecular complexity index is 922. The van der Waals surface area contributed by atoms with Gasteiger partial charge in [0.05, 0.1) is 11.9 Å². The van der Waals surface area contributed by atoms with Crippen LogP contribution in [0.5, 0.6) is 0 Å². The zero-order valence-electron chi connectivity index (χ0n) is 13.7. The zero-order chi connectivity index (χ0) is 17.2. The van der Waals surface area contributed by atoms with Crippen LogP contribution in [0.4, 0.5) is 5.82 Å². The quantitative estimate of drug-likeness (QED) is 0.381. The molecule has 0 saturated heterocycles. The predicted molar refractivity (Wildman–Crippen MR) is 100 cm³/mol. The lowest BCUT2D eigenvalue weighted by Gasteiger charge is -2.13. The molecule has 1 aliphatic rings. The van der Waals surface area contributed by atoms with E-state index in [4.69, 9.17) is 15.8 Å². The highest BCUT2D eigenvalue weighted by atomic mass is 32.1. The molecule has 2 aromatic heterocycles. The summed E-state index contributed by atoms with van der Waals surface area (Å²) in [6, 6.07) is 9.89. The third-order valence-electron chi connectivity index (χ3n) is 4.42. The van der Waals surface area contributed by atoms with Gasteiger partial charge in [-0.2, -0.15) is 0 Å². The smallest absolute Gasteiger partial charge is 0.253 e. The molecule has 4 N–H and O–H groups in total. The van der Waals surface area contributed by atoms with Gasteiger partial charge in [0.2, 0.25) is 0 Å². The highest BCUT2D eigenvalue weighted by Crippen LogP contribution is 2.39. The molecule has 0 fully saturated rings. The van der Waals surface area contributed by atoms with Crippen molar-refractivity contribution < 1.29 is 4.79 Å². The molecule has 0 spiro atoms. The lowest BCUT2D eigenvalue weighted by Crippen LogP contribution is -2.35. The summed E-state index contributed by atoms with van der Waals surface area (Å²) in [7, 11) is 0. The first kappa shape index (κ1) is 16.0. The SMILES string of the molecule is NNC(=O)CNc1nc(-c2ccccc2)nc2sc3c(c12)CCCC3. The summed E-state index contributed by atoms with van der Waals surface area (Å²) in [5.74, 6) is 6.29. The number of hydrogen-bond acceptors (Lipinski definition) is 6. The Hall–Kier alpha value is -2.51. The van der Waals surface area contributed by atoms with Crippen molar-refractivity contribution in [2.75, 3.05) is 11.9 Å². The van der Waals surface area contributed by atoms with Crippen LogP contribution in [0.1, 0.15) is 23.3 Å². The summed E-state index contributed by atoms with van der Waals surface area (Å²) in [4.78, 5) is 23.5. The average Bonchev–Trinajstić information content (AvgIpc) is 3.05. The van der Waals surface area contributed by atoms with Gasteiger partial charge in [0.25, 0.3) is 5.91 Å². The molecule has 0 bridgehead atoms. The van der Waals surface area contributed by atoms with E-state index in [1.54, 1.807) is 11.3 Å². The van der Waals surface area contributed by atoms with Gasteiger partial charge in [0.1, 0.15) is 10.6 Å². The van der Waals surface area contributed by atoms with Crippen molar-refractivity contribution >= 4 is 33.3 Å². The van der Waals surface area contributed by atoms with Crippen molar-refractivity contribution in [1.82, 2.24) is 15.4 Å². The molecule has 1 amide bonds. The number of carbonyl (C=O) groups is 1. The number of carbonyl (C=O) groups excluding carboxylic acids is 1. The van der Waals surface area contributed by atoms with Gasteiger partial charge in [-0.05, 0) is 31.2 Å². The number of hydrazine groups is 1. The molecule has 2 heterocycles. The van der Waals surface area contributed by atoms with Crippen LogP contribution in [0, 0.1) is 0 Å². The van der Waals surface area contributed by atoms with E-state index in [2.05, 4.69) is 10.7 Å². The number of thiophene rings is 1. The second-order valence-electron chi connectivity index (χ2n) is 6.07. The molecule has 0 unspecified atom stereocenters. The number of hydrogen-bond donors (Lipinski definition) is 3. The Labute approximate surface area is 149 Å². The average molecular weight is 353 g/mol. The molecule has 4 rings (SSSR count). The number of anilines is 1. The Morgan fingerprint density at radius 3 is 2.76 bits per heavy atom. The number of fused-ring (bicyclic) bond motifs is 3. The fraction of sp³-hybridized carbons (Fsp3) is 0.278. The van der Waals surface area contributed by atoms with E-state index in [1.807, 2.05) is 30.3 Å². The topological polar surface area (TPSA) is 92.9 Å². The lowest BCUT2D eigenvalue weighted by molar-refractivity contribution is -0.119. The van der Waals surface area contributed by atoms with E-state index >= 15 is 0 Å². The lowest BCUT2D eigenvalue weighted by atomic mass is 9.97. The van der Waals surface area contributed by atoms with Crippen molar-refractivity contribution in [3.05, 3.63) is 40.8 Å². The minimum atomic E-state index is -0.280. The fourth-order valence-corrected chi connectivity index (χ4v) is 4.48. The number of nitrogens with two attached hydrogens (primary N) is 1. The van der Waals surface area contributed by atoms with Gasteiger partial charge in [-0.25, -0.2) is 15.8 Å². The molecular weight excluding hydrogens is 334 g/mol. The van der Waals surface area contributed by atoms with Gasteiger partial charge in [-0.3, -0.25) is 10.2 Å². The normalized spacial score (nSPS) is 13.5. The molecular formula is C18H19N5OS. The zero-order valence-corrected chi connectivity index (χ0v) is 14.5. The van der Waals surface area contributed by atoms with Crippen molar-refractivity contribution in [1.29, 1.82) is 0 Å². The van der Waals surface area contributed by atoms with Gasteiger partial charge in [0, 0.05) is 10.4 Å². The number of aromatic nitrogens is 2. The van der Waals surface area contributed by atoms with Crippen LogP contribution < -0.4 is 16.6 Å². The second kappa shape index (κ2) is 6.78. The monoisotopic (exact) mass is 353 g/mol. The number of aryl methyl sites for hydroxylation is 2. The maximum absolute atomic E-state index is 11.6. The number of amides is 1. The number of nitrogens with zero attached hydrogens (tertiary/aromatic N) is 2. The van der Waals surface area contributed by atoms with Crippen molar-refractivity contribution in [2.45, 2.75) is 25.7 Å². The first-order chi connectivity index (χ1) is 12.3. The highest BCUT2D eigenvalue weighted by molar-refractivity contribution is 7.19. The molecule has 1 aliphatic carbocycles. The number of rotatable bonds is 4. The van der Waals surface area contributed by atoms with Crippen molar-refractivity contribution in [3.8, 4) is 11.4 Å². The van der Waals surface area contributed by atoms with E-state index < -0.39 is 0 Å². The van der Waals surface area contributed by atoms with Gasteiger partial charge < -0.3 is 5.32 Å². The highest BCUT2D eigenvalue weighted by Gasteiger charge is 2.21. The van der Waals surface area contributed by atoms with E-state index in [1.165, 1.54) is 23.3 Å². The van der Waals surface area contributed by atoms with Crippen LogP contribution in [-0.4, -0.2) is 22.4 Å². The Balaban J connectivity index is 1.85. The molecule has 3 aromatic rings. The predicted octanol–water partition coefficient (Wildman–Crippen LogP) is 2.64. The summed E-state index contributed by atoms with van der Waals surface area (Å²) < 4.78 is 0. The molecule has 0 atom stereocenters. The van der Waals surface area contributed by atoms with Crippen LogP contribution in [0.25, 0.3) is 21.6 Å².